The zero-order valence-corrected chi connectivity index (χ0v) is 12.5. The van der Waals surface area contributed by atoms with Crippen molar-refractivity contribution in [3.63, 3.8) is 0 Å². The standard InChI is InChI=1S/C15H29NOS/c17-11-10-16(14-6-2-3-7-14)12-15(13-18)8-4-1-5-9-15/h14,17-18H,1-13H2. The van der Waals surface area contributed by atoms with Crippen molar-refractivity contribution in [3.8, 4) is 0 Å². The number of rotatable bonds is 6. The van der Waals surface area contributed by atoms with E-state index in [1.165, 1.54) is 64.3 Å². The van der Waals surface area contributed by atoms with Crippen molar-refractivity contribution < 1.29 is 5.11 Å². The SMILES string of the molecule is OCCN(CC1(CS)CCCCC1)C1CCCC1. The van der Waals surface area contributed by atoms with Gasteiger partial charge in [0.05, 0.1) is 6.61 Å². The average molecular weight is 271 g/mol. The van der Waals surface area contributed by atoms with Crippen molar-refractivity contribution in [2.75, 3.05) is 25.4 Å². The molecule has 2 saturated carbocycles. The minimum atomic E-state index is 0.305. The summed E-state index contributed by atoms with van der Waals surface area (Å²) in [6.07, 6.45) is 12.2. The van der Waals surface area contributed by atoms with Crippen LogP contribution in [0.1, 0.15) is 57.8 Å². The first kappa shape index (κ1) is 14.7. The second kappa shape index (κ2) is 7.16. The van der Waals surface area contributed by atoms with Gasteiger partial charge in [0.25, 0.3) is 0 Å². The molecule has 0 aromatic rings. The normalized spacial score (nSPS) is 24.8. The Kier molecular flexibility index (Phi) is 5.84. The highest BCUT2D eigenvalue weighted by atomic mass is 32.1. The molecule has 0 heterocycles. The summed E-state index contributed by atoms with van der Waals surface area (Å²) >= 11 is 4.65. The lowest BCUT2D eigenvalue weighted by atomic mass is 9.75. The number of thiol groups is 1. The van der Waals surface area contributed by atoms with Crippen LogP contribution in [-0.4, -0.2) is 41.5 Å². The Morgan fingerprint density at radius 3 is 2.28 bits per heavy atom. The maximum absolute atomic E-state index is 9.32. The van der Waals surface area contributed by atoms with Crippen molar-refractivity contribution in [3.05, 3.63) is 0 Å². The Labute approximate surface area is 118 Å². The van der Waals surface area contributed by atoms with Crippen LogP contribution in [0.5, 0.6) is 0 Å². The first-order chi connectivity index (χ1) is 8.79. The molecule has 0 aromatic carbocycles. The minimum absolute atomic E-state index is 0.305. The summed E-state index contributed by atoms with van der Waals surface area (Å²) in [6.45, 7) is 2.33. The van der Waals surface area contributed by atoms with Gasteiger partial charge in [-0.3, -0.25) is 4.90 Å². The smallest absolute Gasteiger partial charge is 0.0558 e. The molecule has 0 spiro atoms. The highest BCUT2D eigenvalue weighted by Gasteiger charge is 2.35. The van der Waals surface area contributed by atoms with Gasteiger partial charge in [0.2, 0.25) is 0 Å². The number of hydrogen-bond donors (Lipinski definition) is 2. The van der Waals surface area contributed by atoms with Gasteiger partial charge in [0, 0.05) is 19.1 Å². The van der Waals surface area contributed by atoms with E-state index >= 15 is 0 Å². The second-order valence-corrected chi connectivity index (χ2v) is 6.67. The van der Waals surface area contributed by atoms with Crippen LogP contribution in [0.3, 0.4) is 0 Å². The molecule has 0 amide bonds. The molecule has 0 saturated heterocycles. The molecule has 2 aliphatic rings. The predicted octanol–water partition coefficient (Wildman–Crippen LogP) is 3.10. The minimum Gasteiger partial charge on any atom is -0.395 e. The Morgan fingerprint density at radius 2 is 1.72 bits per heavy atom. The van der Waals surface area contributed by atoms with E-state index in [0.717, 1.165) is 18.3 Å². The van der Waals surface area contributed by atoms with E-state index in [1.54, 1.807) is 0 Å². The zero-order valence-electron chi connectivity index (χ0n) is 11.6. The van der Waals surface area contributed by atoms with Crippen molar-refractivity contribution in [2.45, 2.75) is 63.8 Å². The van der Waals surface area contributed by atoms with Crippen molar-refractivity contribution in [1.82, 2.24) is 4.90 Å². The van der Waals surface area contributed by atoms with Crippen LogP contribution < -0.4 is 0 Å². The van der Waals surface area contributed by atoms with Crippen LogP contribution in [0.25, 0.3) is 0 Å². The van der Waals surface area contributed by atoms with E-state index in [0.29, 0.717) is 12.0 Å². The van der Waals surface area contributed by atoms with Crippen LogP contribution in [-0.2, 0) is 0 Å². The quantitative estimate of drug-likeness (QED) is 0.725. The molecule has 0 unspecified atom stereocenters. The number of nitrogens with zero attached hydrogens (tertiary/aromatic N) is 1. The molecule has 106 valence electrons. The first-order valence-electron chi connectivity index (χ1n) is 7.75. The molecule has 0 bridgehead atoms. The van der Waals surface area contributed by atoms with Crippen LogP contribution in [0, 0.1) is 5.41 Å². The number of aliphatic hydroxyl groups excluding tert-OH is 1. The lowest BCUT2D eigenvalue weighted by Gasteiger charge is -2.42. The molecule has 18 heavy (non-hydrogen) atoms. The van der Waals surface area contributed by atoms with Crippen LogP contribution in [0.2, 0.25) is 0 Å². The Hall–Kier alpha value is 0.270. The van der Waals surface area contributed by atoms with Crippen LogP contribution >= 0.6 is 12.6 Å². The van der Waals surface area contributed by atoms with E-state index in [9.17, 15) is 5.11 Å². The molecule has 2 nitrogen and oxygen atoms in total. The second-order valence-electron chi connectivity index (χ2n) is 6.35. The summed E-state index contributed by atoms with van der Waals surface area (Å²) in [5.74, 6) is 1.02. The number of hydrogen-bond acceptors (Lipinski definition) is 3. The maximum Gasteiger partial charge on any atom is 0.0558 e. The molecule has 1 N–H and O–H groups in total. The fraction of sp³-hybridized carbons (Fsp3) is 1.00. The summed E-state index contributed by atoms with van der Waals surface area (Å²) in [7, 11) is 0. The Bertz CT molecular complexity index is 235. The van der Waals surface area contributed by atoms with Gasteiger partial charge < -0.3 is 5.11 Å². The zero-order chi connectivity index (χ0) is 12.8. The third kappa shape index (κ3) is 3.64. The van der Waals surface area contributed by atoms with Gasteiger partial charge in [0.15, 0.2) is 0 Å². The summed E-state index contributed by atoms with van der Waals surface area (Å²) in [4.78, 5) is 2.58. The monoisotopic (exact) mass is 271 g/mol. The molecular formula is C15H29NOS. The van der Waals surface area contributed by atoms with Crippen molar-refractivity contribution in [1.29, 1.82) is 0 Å². The van der Waals surface area contributed by atoms with E-state index in [4.69, 9.17) is 0 Å². The highest BCUT2D eigenvalue weighted by molar-refractivity contribution is 7.80. The predicted molar refractivity (Wildman–Crippen MR) is 80.3 cm³/mol. The third-order valence-corrected chi connectivity index (χ3v) is 5.69. The topological polar surface area (TPSA) is 23.5 Å². The van der Waals surface area contributed by atoms with E-state index in [1.807, 2.05) is 0 Å². The summed E-state index contributed by atoms with van der Waals surface area (Å²) in [6, 6.07) is 0.732. The first-order valence-corrected chi connectivity index (χ1v) is 8.39. The highest BCUT2D eigenvalue weighted by Crippen LogP contribution is 2.39. The van der Waals surface area contributed by atoms with Gasteiger partial charge in [0.1, 0.15) is 0 Å². The molecule has 0 atom stereocenters. The van der Waals surface area contributed by atoms with Crippen molar-refractivity contribution >= 4 is 12.6 Å². The van der Waals surface area contributed by atoms with Gasteiger partial charge in [-0.2, -0.15) is 12.6 Å². The largest absolute Gasteiger partial charge is 0.395 e. The molecule has 0 radical (unpaired) electrons. The summed E-state index contributed by atoms with van der Waals surface area (Å²) in [5.41, 5.74) is 0.430. The van der Waals surface area contributed by atoms with E-state index < -0.39 is 0 Å². The molecular weight excluding hydrogens is 242 g/mol. The van der Waals surface area contributed by atoms with Gasteiger partial charge in [-0.05, 0) is 36.9 Å². The fourth-order valence-corrected chi connectivity index (χ4v) is 4.30. The Balaban J connectivity index is 1.96. The molecule has 3 heteroatoms. The molecule has 0 aromatic heterocycles. The van der Waals surface area contributed by atoms with Gasteiger partial charge in [-0.25, -0.2) is 0 Å². The maximum atomic E-state index is 9.32. The summed E-state index contributed by atoms with van der Waals surface area (Å²) < 4.78 is 0. The lowest BCUT2D eigenvalue weighted by Crippen LogP contribution is -2.45. The van der Waals surface area contributed by atoms with Gasteiger partial charge in [-0.15, -0.1) is 0 Å². The van der Waals surface area contributed by atoms with E-state index in [-0.39, 0.29) is 0 Å². The Morgan fingerprint density at radius 1 is 1.06 bits per heavy atom. The molecule has 2 rings (SSSR count). The number of aliphatic hydroxyl groups is 1. The molecule has 2 aliphatic carbocycles. The molecule has 2 fully saturated rings. The van der Waals surface area contributed by atoms with E-state index in [2.05, 4.69) is 17.5 Å². The molecule has 0 aliphatic heterocycles. The lowest BCUT2D eigenvalue weighted by molar-refractivity contribution is 0.0772. The van der Waals surface area contributed by atoms with Crippen LogP contribution in [0.4, 0.5) is 0 Å². The van der Waals surface area contributed by atoms with Gasteiger partial charge >= 0.3 is 0 Å². The average Bonchev–Trinajstić information content (AvgIpc) is 2.93. The fourth-order valence-electron chi connectivity index (χ4n) is 3.89. The van der Waals surface area contributed by atoms with Crippen LogP contribution in [0.15, 0.2) is 0 Å². The third-order valence-electron chi connectivity index (χ3n) is 5.02. The van der Waals surface area contributed by atoms with Gasteiger partial charge in [-0.1, -0.05) is 32.1 Å². The van der Waals surface area contributed by atoms with Crippen molar-refractivity contribution in [2.24, 2.45) is 5.41 Å². The summed E-state index contributed by atoms with van der Waals surface area (Å²) in [5, 5.41) is 9.32.